The van der Waals surface area contributed by atoms with Crippen molar-refractivity contribution in [3.05, 3.63) is 21.7 Å². The maximum absolute atomic E-state index is 11.5. The molecule has 0 atom stereocenters. The molecule has 0 aliphatic carbocycles. The SMILES string of the molecule is CNc1nc(C(C)(C)C)[nH]c(=O)c1C. The number of anilines is 1. The van der Waals surface area contributed by atoms with Crippen LogP contribution in [0, 0.1) is 6.92 Å². The fourth-order valence-electron chi connectivity index (χ4n) is 1.13. The van der Waals surface area contributed by atoms with E-state index in [2.05, 4.69) is 15.3 Å². The molecule has 0 saturated carbocycles. The minimum Gasteiger partial charge on any atom is -0.373 e. The Kier molecular flexibility index (Phi) is 2.64. The molecule has 14 heavy (non-hydrogen) atoms. The maximum atomic E-state index is 11.5. The zero-order valence-corrected chi connectivity index (χ0v) is 9.36. The van der Waals surface area contributed by atoms with Gasteiger partial charge >= 0.3 is 0 Å². The molecule has 1 heterocycles. The van der Waals surface area contributed by atoms with Crippen molar-refractivity contribution in [1.82, 2.24) is 9.97 Å². The molecule has 4 heteroatoms. The van der Waals surface area contributed by atoms with Crippen molar-refractivity contribution >= 4 is 5.82 Å². The van der Waals surface area contributed by atoms with E-state index in [9.17, 15) is 4.79 Å². The number of H-pyrrole nitrogens is 1. The second kappa shape index (κ2) is 3.44. The first kappa shape index (κ1) is 10.8. The Balaban J connectivity index is 3.38. The van der Waals surface area contributed by atoms with Crippen LogP contribution in [0.2, 0.25) is 0 Å². The third-order valence-corrected chi connectivity index (χ3v) is 2.10. The van der Waals surface area contributed by atoms with Crippen LogP contribution in [0.5, 0.6) is 0 Å². The average molecular weight is 195 g/mol. The fourth-order valence-corrected chi connectivity index (χ4v) is 1.13. The normalized spacial score (nSPS) is 11.5. The molecule has 0 fully saturated rings. The van der Waals surface area contributed by atoms with Gasteiger partial charge in [0.05, 0.1) is 5.56 Å². The quantitative estimate of drug-likeness (QED) is 0.712. The van der Waals surface area contributed by atoms with Gasteiger partial charge in [0.2, 0.25) is 0 Å². The highest BCUT2D eigenvalue weighted by molar-refractivity contribution is 5.41. The zero-order chi connectivity index (χ0) is 10.9. The number of aromatic amines is 1. The summed E-state index contributed by atoms with van der Waals surface area (Å²) in [4.78, 5) is 18.7. The van der Waals surface area contributed by atoms with Crippen molar-refractivity contribution in [3.8, 4) is 0 Å². The number of hydrogen-bond donors (Lipinski definition) is 2. The molecule has 0 aliphatic rings. The van der Waals surface area contributed by atoms with Crippen molar-refractivity contribution < 1.29 is 0 Å². The van der Waals surface area contributed by atoms with Crippen LogP contribution in [-0.2, 0) is 5.41 Å². The fraction of sp³-hybridized carbons (Fsp3) is 0.600. The lowest BCUT2D eigenvalue weighted by molar-refractivity contribution is 0.543. The summed E-state index contributed by atoms with van der Waals surface area (Å²) in [5.74, 6) is 1.36. The van der Waals surface area contributed by atoms with Gasteiger partial charge in [0.15, 0.2) is 0 Å². The number of nitrogens with zero attached hydrogens (tertiary/aromatic N) is 1. The van der Waals surface area contributed by atoms with E-state index >= 15 is 0 Å². The van der Waals surface area contributed by atoms with E-state index in [0.29, 0.717) is 17.2 Å². The van der Waals surface area contributed by atoms with Crippen molar-refractivity contribution in [2.24, 2.45) is 0 Å². The monoisotopic (exact) mass is 195 g/mol. The third kappa shape index (κ3) is 1.95. The summed E-state index contributed by atoms with van der Waals surface area (Å²) in [5, 5.41) is 2.92. The van der Waals surface area contributed by atoms with Crippen LogP contribution < -0.4 is 10.9 Å². The Labute approximate surface area is 83.8 Å². The Bertz CT molecular complexity index is 387. The number of rotatable bonds is 1. The molecule has 0 saturated heterocycles. The molecule has 0 aromatic carbocycles. The van der Waals surface area contributed by atoms with Crippen molar-refractivity contribution in [1.29, 1.82) is 0 Å². The van der Waals surface area contributed by atoms with Gasteiger partial charge in [-0.15, -0.1) is 0 Å². The van der Waals surface area contributed by atoms with Gasteiger partial charge in [0.25, 0.3) is 5.56 Å². The van der Waals surface area contributed by atoms with E-state index in [1.54, 1.807) is 14.0 Å². The van der Waals surface area contributed by atoms with Crippen molar-refractivity contribution in [2.75, 3.05) is 12.4 Å². The lowest BCUT2D eigenvalue weighted by Gasteiger charge is -2.18. The van der Waals surface area contributed by atoms with Crippen LogP contribution in [0.25, 0.3) is 0 Å². The first-order chi connectivity index (χ1) is 6.36. The lowest BCUT2D eigenvalue weighted by atomic mass is 9.95. The molecular weight excluding hydrogens is 178 g/mol. The zero-order valence-electron chi connectivity index (χ0n) is 9.36. The van der Waals surface area contributed by atoms with Gasteiger partial charge in [-0.25, -0.2) is 4.98 Å². The third-order valence-electron chi connectivity index (χ3n) is 2.10. The number of hydrogen-bond acceptors (Lipinski definition) is 3. The predicted octanol–water partition coefficient (Wildman–Crippen LogP) is 1.42. The summed E-state index contributed by atoms with van der Waals surface area (Å²) < 4.78 is 0. The van der Waals surface area contributed by atoms with Crippen LogP contribution in [0.1, 0.15) is 32.2 Å². The van der Waals surface area contributed by atoms with E-state index in [-0.39, 0.29) is 11.0 Å². The molecule has 0 bridgehead atoms. The summed E-state index contributed by atoms with van der Waals surface area (Å²) in [6, 6.07) is 0. The average Bonchev–Trinajstić information content (AvgIpc) is 2.07. The van der Waals surface area contributed by atoms with E-state index in [0.717, 1.165) is 0 Å². The van der Waals surface area contributed by atoms with Gasteiger partial charge in [-0.05, 0) is 6.92 Å². The smallest absolute Gasteiger partial charge is 0.255 e. The summed E-state index contributed by atoms with van der Waals surface area (Å²) in [7, 11) is 1.77. The Morgan fingerprint density at radius 3 is 2.36 bits per heavy atom. The first-order valence-corrected chi connectivity index (χ1v) is 4.65. The molecule has 4 nitrogen and oxygen atoms in total. The van der Waals surface area contributed by atoms with Crippen LogP contribution in [-0.4, -0.2) is 17.0 Å². The number of nitrogens with one attached hydrogen (secondary N) is 2. The summed E-state index contributed by atoms with van der Waals surface area (Å²) >= 11 is 0. The molecular formula is C10H17N3O. The van der Waals surface area contributed by atoms with Gasteiger partial charge < -0.3 is 10.3 Å². The molecule has 2 N–H and O–H groups in total. The minimum absolute atomic E-state index is 0.0747. The molecule has 1 aromatic rings. The van der Waals surface area contributed by atoms with Gasteiger partial charge in [-0.1, -0.05) is 20.8 Å². The highest BCUT2D eigenvalue weighted by Crippen LogP contribution is 2.18. The maximum Gasteiger partial charge on any atom is 0.255 e. The molecule has 1 rings (SSSR count). The Hall–Kier alpha value is -1.32. The van der Waals surface area contributed by atoms with Crippen LogP contribution in [0.4, 0.5) is 5.82 Å². The van der Waals surface area contributed by atoms with Crippen LogP contribution >= 0.6 is 0 Å². The van der Waals surface area contributed by atoms with Crippen molar-refractivity contribution in [2.45, 2.75) is 33.1 Å². The molecule has 1 aromatic heterocycles. The standard InChI is InChI=1S/C10H17N3O/c1-6-7(11-5)12-9(10(2,3)4)13-8(6)14/h1-5H3,(H2,11,12,13,14). The highest BCUT2D eigenvalue weighted by Gasteiger charge is 2.18. The molecule has 0 aliphatic heterocycles. The van der Waals surface area contributed by atoms with Crippen LogP contribution in [0.3, 0.4) is 0 Å². The topological polar surface area (TPSA) is 57.8 Å². The van der Waals surface area contributed by atoms with E-state index in [4.69, 9.17) is 0 Å². The Morgan fingerprint density at radius 1 is 1.36 bits per heavy atom. The minimum atomic E-state index is -0.140. The second-order valence-electron chi connectivity index (χ2n) is 4.39. The Morgan fingerprint density at radius 2 is 1.93 bits per heavy atom. The molecule has 0 unspecified atom stereocenters. The highest BCUT2D eigenvalue weighted by atomic mass is 16.1. The summed E-state index contributed by atoms with van der Waals surface area (Å²) in [6.45, 7) is 7.80. The number of aromatic nitrogens is 2. The van der Waals surface area contributed by atoms with Gasteiger partial charge in [0, 0.05) is 12.5 Å². The predicted molar refractivity (Wildman–Crippen MR) is 57.8 cm³/mol. The first-order valence-electron chi connectivity index (χ1n) is 4.65. The molecule has 0 spiro atoms. The van der Waals surface area contributed by atoms with E-state index in [1.165, 1.54) is 0 Å². The summed E-state index contributed by atoms with van der Waals surface area (Å²) in [5.41, 5.74) is 0.410. The summed E-state index contributed by atoms with van der Waals surface area (Å²) in [6.07, 6.45) is 0. The van der Waals surface area contributed by atoms with Crippen LogP contribution in [0.15, 0.2) is 4.79 Å². The van der Waals surface area contributed by atoms with E-state index in [1.807, 2.05) is 20.8 Å². The molecule has 78 valence electrons. The van der Waals surface area contributed by atoms with E-state index < -0.39 is 0 Å². The largest absolute Gasteiger partial charge is 0.373 e. The van der Waals surface area contributed by atoms with Gasteiger partial charge in [-0.3, -0.25) is 4.79 Å². The lowest BCUT2D eigenvalue weighted by Crippen LogP contribution is -2.24. The van der Waals surface area contributed by atoms with Gasteiger partial charge in [-0.2, -0.15) is 0 Å². The van der Waals surface area contributed by atoms with Gasteiger partial charge in [0.1, 0.15) is 11.6 Å². The molecule has 0 amide bonds. The second-order valence-corrected chi connectivity index (χ2v) is 4.39. The molecule has 0 radical (unpaired) electrons. The van der Waals surface area contributed by atoms with Crippen molar-refractivity contribution in [3.63, 3.8) is 0 Å².